The summed E-state index contributed by atoms with van der Waals surface area (Å²) in [5.74, 6) is 2.44. The summed E-state index contributed by atoms with van der Waals surface area (Å²) in [6.07, 6.45) is 0.884. The fraction of sp³-hybridized carbons (Fsp3) is 0.350. The smallest absolute Gasteiger partial charge is 0.231 e. The number of anilines is 1. The van der Waals surface area contributed by atoms with E-state index in [0.717, 1.165) is 37.0 Å². The Labute approximate surface area is 178 Å². The Hall–Kier alpha value is -2.16. The number of rotatable bonds is 6. The van der Waals surface area contributed by atoms with Gasteiger partial charge in [0, 0.05) is 39.9 Å². The number of nitrogens with one attached hydrogen (secondary N) is 2. The van der Waals surface area contributed by atoms with Crippen molar-refractivity contribution in [2.45, 2.75) is 13.0 Å². The van der Waals surface area contributed by atoms with Crippen molar-refractivity contribution in [3.8, 4) is 11.5 Å². The van der Waals surface area contributed by atoms with E-state index in [9.17, 15) is 0 Å². The summed E-state index contributed by atoms with van der Waals surface area (Å²) >= 11 is 0. The molecule has 3 rings (SSSR count). The average Bonchev–Trinajstić information content (AvgIpc) is 3.12. The van der Waals surface area contributed by atoms with Crippen LogP contribution >= 0.6 is 24.0 Å². The van der Waals surface area contributed by atoms with Gasteiger partial charge in [-0.05, 0) is 41.8 Å². The van der Waals surface area contributed by atoms with Gasteiger partial charge in [-0.1, -0.05) is 18.2 Å². The maximum atomic E-state index is 5.42. The van der Waals surface area contributed by atoms with Crippen molar-refractivity contribution in [1.82, 2.24) is 10.6 Å². The molecule has 146 valence electrons. The summed E-state index contributed by atoms with van der Waals surface area (Å²) in [4.78, 5) is 6.37. The van der Waals surface area contributed by atoms with E-state index in [1.54, 1.807) is 7.05 Å². The zero-order chi connectivity index (χ0) is 18.4. The van der Waals surface area contributed by atoms with Crippen LogP contribution < -0.4 is 25.0 Å². The molecule has 1 aliphatic heterocycles. The summed E-state index contributed by atoms with van der Waals surface area (Å²) in [6.45, 7) is 1.83. The Morgan fingerprint density at radius 1 is 1.00 bits per heavy atom. The molecular weight excluding hydrogens is 455 g/mol. The number of halogens is 1. The number of aliphatic imine (C=N–C) groups is 1. The zero-order valence-corrected chi connectivity index (χ0v) is 18.3. The minimum Gasteiger partial charge on any atom is -0.454 e. The molecule has 2 aromatic rings. The van der Waals surface area contributed by atoms with Crippen molar-refractivity contribution in [1.29, 1.82) is 0 Å². The Morgan fingerprint density at radius 2 is 1.70 bits per heavy atom. The number of hydrogen-bond donors (Lipinski definition) is 2. The van der Waals surface area contributed by atoms with E-state index in [2.05, 4.69) is 50.9 Å². The van der Waals surface area contributed by atoms with Gasteiger partial charge in [0.2, 0.25) is 6.79 Å². The van der Waals surface area contributed by atoms with E-state index in [0.29, 0.717) is 6.79 Å². The van der Waals surface area contributed by atoms with Crippen molar-refractivity contribution in [3.05, 3.63) is 53.6 Å². The third-order valence-corrected chi connectivity index (χ3v) is 4.28. The van der Waals surface area contributed by atoms with Crippen LogP contribution in [-0.4, -0.2) is 40.4 Å². The van der Waals surface area contributed by atoms with Crippen LogP contribution in [0.25, 0.3) is 0 Å². The third-order valence-electron chi connectivity index (χ3n) is 4.28. The van der Waals surface area contributed by atoms with Crippen LogP contribution in [0.2, 0.25) is 0 Å². The van der Waals surface area contributed by atoms with Crippen LogP contribution in [0.15, 0.2) is 47.5 Å². The van der Waals surface area contributed by atoms with Crippen molar-refractivity contribution in [2.75, 3.05) is 39.4 Å². The molecule has 0 saturated carbocycles. The van der Waals surface area contributed by atoms with Gasteiger partial charge >= 0.3 is 0 Å². The highest BCUT2D eigenvalue weighted by atomic mass is 127. The molecule has 2 aromatic carbocycles. The number of hydrogen-bond acceptors (Lipinski definition) is 4. The Kier molecular flexibility index (Phi) is 8.02. The topological polar surface area (TPSA) is 58.1 Å². The van der Waals surface area contributed by atoms with Crippen LogP contribution in [0, 0.1) is 0 Å². The Bertz CT molecular complexity index is 763. The van der Waals surface area contributed by atoms with E-state index in [-0.39, 0.29) is 24.0 Å². The molecule has 2 N–H and O–H groups in total. The van der Waals surface area contributed by atoms with E-state index >= 15 is 0 Å². The van der Waals surface area contributed by atoms with Crippen LogP contribution in [-0.2, 0) is 13.0 Å². The van der Waals surface area contributed by atoms with Crippen molar-refractivity contribution in [2.24, 2.45) is 4.99 Å². The maximum Gasteiger partial charge on any atom is 0.231 e. The van der Waals surface area contributed by atoms with Crippen molar-refractivity contribution < 1.29 is 9.47 Å². The molecule has 6 nitrogen and oxygen atoms in total. The molecule has 0 unspecified atom stereocenters. The lowest BCUT2D eigenvalue weighted by molar-refractivity contribution is 0.174. The fourth-order valence-electron chi connectivity index (χ4n) is 2.74. The summed E-state index contributed by atoms with van der Waals surface area (Å²) in [7, 11) is 5.86. The number of fused-ring (bicyclic) bond motifs is 1. The van der Waals surface area contributed by atoms with Gasteiger partial charge < -0.3 is 25.0 Å². The first-order valence-corrected chi connectivity index (χ1v) is 8.75. The first-order chi connectivity index (χ1) is 12.7. The van der Waals surface area contributed by atoms with E-state index in [1.807, 2.05) is 26.2 Å². The highest BCUT2D eigenvalue weighted by Crippen LogP contribution is 2.32. The van der Waals surface area contributed by atoms with Gasteiger partial charge in [0.15, 0.2) is 17.5 Å². The average molecular weight is 482 g/mol. The third kappa shape index (κ3) is 5.92. The van der Waals surface area contributed by atoms with Crippen molar-refractivity contribution in [3.63, 3.8) is 0 Å². The molecule has 0 atom stereocenters. The van der Waals surface area contributed by atoms with Crippen LogP contribution in [0.1, 0.15) is 11.1 Å². The van der Waals surface area contributed by atoms with Gasteiger partial charge in [0.05, 0.1) is 0 Å². The lowest BCUT2D eigenvalue weighted by Gasteiger charge is -2.14. The second-order valence-electron chi connectivity index (χ2n) is 6.35. The Morgan fingerprint density at radius 3 is 2.41 bits per heavy atom. The summed E-state index contributed by atoms with van der Waals surface area (Å²) in [6, 6.07) is 14.6. The van der Waals surface area contributed by atoms with Crippen molar-refractivity contribution >= 4 is 35.6 Å². The molecule has 0 radical (unpaired) electrons. The zero-order valence-electron chi connectivity index (χ0n) is 16.0. The van der Waals surface area contributed by atoms with Gasteiger partial charge in [-0.25, -0.2) is 0 Å². The minimum absolute atomic E-state index is 0. The lowest BCUT2D eigenvalue weighted by Crippen LogP contribution is -2.37. The second kappa shape index (κ2) is 10.2. The number of nitrogens with zero attached hydrogens (tertiary/aromatic N) is 2. The maximum absolute atomic E-state index is 5.42. The van der Waals surface area contributed by atoms with Gasteiger partial charge in [-0.15, -0.1) is 24.0 Å². The fourth-order valence-corrected chi connectivity index (χ4v) is 2.74. The van der Waals surface area contributed by atoms with Crippen LogP contribution in [0.3, 0.4) is 0 Å². The van der Waals surface area contributed by atoms with Crippen LogP contribution in [0.4, 0.5) is 5.69 Å². The molecular formula is C20H27IN4O2. The number of guanidine groups is 1. The Balaban J connectivity index is 0.00000261. The number of ether oxygens (including phenoxy) is 2. The first kappa shape index (κ1) is 21.1. The van der Waals surface area contributed by atoms with Gasteiger partial charge in [0.25, 0.3) is 0 Å². The standard InChI is InChI=1S/C20H26N4O2.HI/c1-21-20(23-13-16-4-7-17(8-5-16)24(2)3)22-11-10-15-6-9-18-19(12-15)26-14-25-18;/h4-9,12H,10-11,13-14H2,1-3H3,(H2,21,22,23);1H. The molecule has 0 spiro atoms. The monoisotopic (exact) mass is 482 g/mol. The lowest BCUT2D eigenvalue weighted by atomic mass is 10.1. The van der Waals surface area contributed by atoms with Crippen LogP contribution in [0.5, 0.6) is 11.5 Å². The molecule has 1 aliphatic rings. The summed E-state index contributed by atoms with van der Waals surface area (Å²) in [5.41, 5.74) is 3.62. The normalized spacial score (nSPS) is 12.3. The second-order valence-corrected chi connectivity index (χ2v) is 6.35. The largest absolute Gasteiger partial charge is 0.454 e. The molecule has 0 aromatic heterocycles. The predicted molar refractivity (Wildman–Crippen MR) is 121 cm³/mol. The molecule has 0 amide bonds. The quantitative estimate of drug-likeness (QED) is 0.377. The van der Waals surface area contributed by atoms with Gasteiger partial charge in [-0.2, -0.15) is 0 Å². The van der Waals surface area contributed by atoms with Gasteiger partial charge in [0.1, 0.15) is 0 Å². The SMILES string of the molecule is CN=C(NCCc1ccc2c(c1)OCO2)NCc1ccc(N(C)C)cc1.I. The van der Waals surface area contributed by atoms with Gasteiger partial charge in [-0.3, -0.25) is 4.99 Å². The summed E-state index contributed by atoms with van der Waals surface area (Å²) < 4.78 is 10.8. The number of benzene rings is 2. The minimum atomic E-state index is 0. The first-order valence-electron chi connectivity index (χ1n) is 8.75. The molecule has 0 aliphatic carbocycles. The molecule has 0 saturated heterocycles. The molecule has 0 fully saturated rings. The van der Waals surface area contributed by atoms with E-state index in [1.165, 1.54) is 16.8 Å². The predicted octanol–water partition coefficient (Wildman–Crippen LogP) is 3.01. The molecule has 27 heavy (non-hydrogen) atoms. The molecule has 1 heterocycles. The molecule has 7 heteroatoms. The summed E-state index contributed by atoms with van der Waals surface area (Å²) in [5, 5.41) is 6.69. The van der Waals surface area contributed by atoms with E-state index in [4.69, 9.17) is 9.47 Å². The molecule has 0 bridgehead atoms. The highest BCUT2D eigenvalue weighted by Gasteiger charge is 2.12. The highest BCUT2D eigenvalue weighted by molar-refractivity contribution is 14.0. The van der Waals surface area contributed by atoms with E-state index < -0.39 is 0 Å².